The summed E-state index contributed by atoms with van der Waals surface area (Å²) in [6.07, 6.45) is -0.455. The lowest BCUT2D eigenvalue weighted by Crippen LogP contribution is -2.62. The van der Waals surface area contributed by atoms with E-state index in [-0.39, 0.29) is 43.1 Å². The fraction of sp³-hybridized carbons (Fsp3) is 0.533. The number of hydrogen-bond donors (Lipinski definition) is 13. The van der Waals surface area contributed by atoms with Gasteiger partial charge in [-0.3, -0.25) is 38.4 Å². The number of phenols is 2. The van der Waals surface area contributed by atoms with Gasteiger partial charge in [0.2, 0.25) is 41.4 Å². The zero-order valence-electron chi connectivity index (χ0n) is 38.9. The number of carbonyl (C=O) groups excluding carboxylic acids is 7. The summed E-state index contributed by atoms with van der Waals surface area (Å²) < 4.78 is 0. The maximum absolute atomic E-state index is 14.2. The Morgan fingerprint density at radius 2 is 1.03 bits per heavy atom. The molecule has 376 valence electrons. The first kappa shape index (κ1) is 57.7. The van der Waals surface area contributed by atoms with Crippen molar-refractivity contribution in [2.45, 2.75) is 122 Å². The number of amides is 7. The van der Waals surface area contributed by atoms with Crippen LogP contribution in [0.2, 0.25) is 0 Å². The lowest BCUT2D eigenvalue weighted by Gasteiger charge is -2.30. The van der Waals surface area contributed by atoms with Crippen molar-refractivity contribution in [3.63, 3.8) is 0 Å². The Balaban J connectivity index is 2.45. The van der Waals surface area contributed by atoms with Crippen molar-refractivity contribution in [1.82, 2.24) is 37.2 Å². The second kappa shape index (κ2) is 28.7. The van der Waals surface area contributed by atoms with Crippen LogP contribution in [0, 0.1) is 11.8 Å². The summed E-state index contributed by atoms with van der Waals surface area (Å²) >= 11 is 1.32. The van der Waals surface area contributed by atoms with Crippen molar-refractivity contribution in [1.29, 1.82) is 0 Å². The summed E-state index contributed by atoms with van der Waals surface area (Å²) in [6, 6.07) is 0.896. The molecular weight excluding hydrogens is 909 g/mol. The van der Waals surface area contributed by atoms with Gasteiger partial charge in [-0.15, -0.1) is 0 Å². The third-order valence-electron chi connectivity index (χ3n) is 11.1. The van der Waals surface area contributed by atoms with Crippen LogP contribution in [0.25, 0.3) is 0 Å². The van der Waals surface area contributed by atoms with E-state index in [1.54, 1.807) is 27.0 Å². The number of nitrogens with two attached hydrogens (primary N) is 1. The van der Waals surface area contributed by atoms with Crippen LogP contribution in [-0.4, -0.2) is 146 Å². The molecule has 7 amide bonds. The van der Waals surface area contributed by atoms with Gasteiger partial charge < -0.3 is 68.5 Å². The predicted molar refractivity (Wildman–Crippen MR) is 250 cm³/mol. The molecule has 0 aromatic heterocycles. The van der Waals surface area contributed by atoms with Crippen LogP contribution in [0.1, 0.15) is 71.4 Å². The first-order chi connectivity index (χ1) is 32.0. The molecule has 0 unspecified atom stereocenters. The van der Waals surface area contributed by atoms with Gasteiger partial charge >= 0.3 is 11.9 Å². The molecule has 0 saturated carbocycles. The first-order valence-corrected chi connectivity index (χ1v) is 23.4. The van der Waals surface area contributed by atoms with Gasteiger partial charge in [-0.2, -0.15) is 11.8 Å². The number of nitrogens with one attached hydrogen (secondary N) is 7. The lowest BCUT2D eigenvalue weighted by atomic mass is 9.96. The van der Waals surface area contributed by atoms with Crippen molar-refractivity contribution >= 4 is 65.1 Å². The smallest absolute Gasteiger partial charge is 0.326 e. The van der Waals surface area contributed by atoms with Crippen LogP contribution in [0.4, 0.5) is 0 Å². The summed E-state index contributed by atoms with van der Waals surface area (Å²) in [5.74, 6) is -10.1. The van der Waals surface area contributed by atoms with E-state index in [2.05, 4.69) is 37.2 Å². The number of phenolic OH excluding ortho intramolecular Hbond substituents is 2. The van der Waals surface area contributed by atoms with Crippen molar-refractivity contribution in [2.75, 3.05) is 18.6 Å². The van der Waals surface area contributed by atoms with Gasteiger partial charge in [-0.25, -0.2) is 4.79 Å². The Morgan fingerprint density at radius 3 is 1.49 bits per heavy atom. The molecule has 0 bridgehead atoms. The van der Waals surface area contributed by atoms with Crippen LogP contribution in [0.15, 0.2) is 48.5 Å². The number of thioether (sulfide) groups is 1. The van der Waals surface area contributed by atoms with Gasteiger partial charge in [0.25, 0.3) is 0 Å². The number of carbonyl (C=O) groups is 9. The zero-order chi connectivity index (χ0) is 51.2. The molecule has 2 aromatic carbocycles. The highest BCUT2D eigenvalue weighted by Crippen LogP contribution is 2.16. The quantitative estimate of drug-likeness (QED) is 0.0466. The van der Waals surface area contributed by atoms with E-state index in [4.69, 9.17) is 5.73 Å². The minimum Gasteiger partial charge on any atom is -0.508 e. The molecule has 0 radical (unpaired) electrons. The molecule has 68 heavy (non-hydrogen) atoms. The molecule has 10 atom stereocenters. The van der Waals surface area contributed by atoms with Crippen LogP contribution in [0.5, 0.6) is 11.5 Å². The van der Waals surface area contributed by atoms with Crippen LogP contribution >= 0.6 is 11.8 Å². The summed E-state index contributed by atoms with van der Waals surface area (Å²) in [5, 5.41) is 66.8. The van der Waals surface area contributed by atoms with E-state index in [1.165, 1.54) is 67.2 Å². The average molecular weight is 975 g/mol. The minimum atomic E-state index is -1.78. The van der Waals surface area contributed by atoms with Gasteiger partial charge in [0.05, 0.1) is 25.1 Å². The predicted octanol–water partition coefficient (Wildman–Crippen LogP) is -0.979. The van der Waals surface area contributed by atoms with Crippen molar-refractivity contribution < 1.29 is 68.7 Å². The summed E-state index contributed by atoms with van der Waals surface area (Å²) in [4.78, 5) is 119. The van der Waals surface area contributed by atoms with Gasteiger partial charge in [0, 0.05) is 12.8 Å². The number of benzene rings is 2. The molecule has 0 aliphatic heterocycles. The van der Waals surface area contributed by atoms with Crippen LogP contribution < -0.4 is 43.0 Å². The van der Waals surface area contributed by atoms with E-state index in [9.17, 15) is 68.7 Å². The average Bonchev–Trinajstić information content (AvgIpc) is 3.29. The van der Waals surface area contributed by atoms with E-state index >= 15 is 0 Å². The highest BCUT2D eigenvalue weighted by Gasteiger charge is 2.37. The number of aromatic hydroxyl groups is 2. The summed E-state index contributed by atoms with van der Waals surface area (Å²) in [6.45, 7) is 7.49. The summed E-state index contributed by atoms with van der Waals surface area (Å²) in [7, 11) is 0. The Hall–Kier alpha value is -6.46. The molecule has 0 aliphatic rings. The molecule has 22 nitrogen and oxygen atoms in total. The standard InChI is InChI=1S/C45H66N8O14S/c1-7-23(3)36(46)42(63)47-22-34(57)48-31(19-26-9-13-28(55)14-10-26)40(61)53-38(25(5)54)44(65)50-32(20-27-11-15-29(56)16-12-27)41(62)52-37(24(4)8-2)43(64)51-33(21-35(58)59)39(60)49-30(45(66)67)17-18-68-6/h9-16,23-25,30-33,36-38,54-56H,7-8,17-22,46H2,1-6H3,(H,47,63)(H,48,57)(H,49,60)(H,50,65)(H,51,64)(H,52,62)(H,53,61)(H,58,59)(H,66,67)/t23-,24-,25+,30-,31-,32-,33-,36-,37-,38-/m0/s1. The highest BCUT2D eigenvalue weighted by atomic mass is 32.2. The SMILES string of the molecule is CC[C@H](C)[C@H](N)C(=O)NCC(=O)N[C@@H](Cc1ccc(O)cc1)C(=O)N[C@H](C(=O)N[C@@H](Cc1ccc(O)cc1)C(=O)N[C@H](C(=O)N[C@@H](CC(=O)O)C(=O)N[C@@H](CCSC)C(=O)O)[C@@H](C)CC)[C@@H](C)O. The maximum atomic E-state index is 14.2. The molecule has 2 aromatic rings. The fourth-order valence-electron chi connectivity index (χ4n) is 6.48. The molecule has 0 heterocycles. The molecule has 0 saturated heterocycles. The number of carboxylic acids is 2. The Morgan fingerprint density at radius 1 is 0.588 bits per heavy atom. The zero-order valence-corrected chi connectivity index (χ0v) is 39.8. The van der Waals surface area contributed by atoms with Crippen LogP contribution in [0.3, 0.4) is 0 Å². The number of aliphatic hydroxyl groups excluding tert-OH is 1. The topological polar surface area (TPSA) is 365 Å². The monoisotopic (exact) mass is 974 g/mol. The number of hydrogen-bond acceptors (Lipinski definition) is 14. The lowest BCUT2D eigenvalue weighted by molar-refractivity contribution is -0.143. The van der Waals surface area contributed by atoms with Gasteiger partial charge in [-0.1, -0.05) is 64.8 Å². The molecule has 0 spiro atoms. The molecule has 2 rings (SSSR count). The normalized spacial score (nSPS) is 15.5. The second-order valence-corrected chi connectivity index (χ2v) is 17.5. The molecule has 0 aliphatic carbocycles. The third kappa shape index (κ3) is 19.4. The van der Waals surface area contributed by atoms with Gasteiger partial charge in [0.15, 0.2) is 0 Å². The molecule has 0 fully saturated rings. The Kier molecular flexibility index (Phi) is 24.3. The second-order valence-electron chi connectivity index (χ2n) is 16.5. The van der Waals surface area contributed by atoms with Crippen molar-refractivity contribution in [3.8, 4) is 11.5 Å². The Bertz CT molecular complexity index is 2040. The first-order valence-electron chi connectivity index (χ1n) is 22.0. The van der Waals surface area contributed by atoms with E-state index in [1.807, 2.05) is 6.92 Å². The third-order valence-corrected chi connectivity index (χ3v) is 11.8. The minimum absolute atomic E-state index is 0.00177. The highest BCUT2D eigenvalue weighted by molar-refractivity contribution is 7.98. The van der Waals surface area contributed by atoms with E-state index < -0.39 is 121 Å². The summed E-state index contributed by atoms with van der Waals surface area (Å²) in [5.41, 5.74) is 6.83. The van der Waals surface area contributed by atoms with E-state index in [0.29, 0.717) is 23.3 Å². The Labute approximate surface area is 398 Å². The molecular formula is C45H66N8O14S. The largest absolute Gasteiger partial charge is 0.508 e. The van der Waals surface area contributed by atoms with Gasteiger partial charge in [-0.05, 0) is 72.6 Å². The van der Waals surface area contributed by atoms with Crippen molar-refractivity contribution in [2.24, 2.45) is 17.6 Å². The molecule has 23 heteroatoms. The van der Waals surface area contributed by atoms with E-state index in [0.717, 1.165) is 0 Å². The van der Waals surface area contributed by atoms with Crippen molar-refractivity contribution in [3.05, 3.63) is 59.7 Å². The van der Waals surface area contributed by atoms with Crippen LogP contribution in [-0.2, 0) is 56.0 Å². The number of aliphatic carboxylic acids is 2. The van der Waals surface area contributed by atoms with Gasteiger partial charge in [0.1, 0.15) is 47.8 Å². The fourth-order valence-corrected chi connectivity index (χ4v) is 6.96. The molecule has 14 N–H and O–H groups in total. The number of carboxylic acid groups (broad SMARTS) is 2. The maximum Gasteiger partial charge on any atom is 0.326 e. The number of rotatable bonds is 29. The number of aliphatic hydroxyl groups is 1.